The molecule has 1 fully saturated rings. The van der Waals surface area contributed by atoms with Crippen LogP contribution in [0.3, 0.4) is 0 Å². The molecule has 0 amide bonds. The number of morpholine rings is 1. The maximum Gasteiger partial charge on any atom is 0.387 e. The van der Waals surface area contributed by atoms with E-state index in [0.29, 0.717) is 37.7 Å². The third-order valence-electron chi connectivity index (χ3n) is 3.56. The molecule has 0 unspecified atom stereocenters. The molecule has 1 aliphatic heterocycles. The van der Waals surface area contributed by atoms with E-state index in [1.165, 1.54) is 6.07 Å². The van der Waals surface area contributed by atoms with Crippen LogP contribution in [0.1, 0.15) is 0 Å². The number of aromatic nitrogens is 2. The molecular weight excluding hydrogens is 339 g/mol. The molecule has 0 radical (unpaired) electrons. The first-order valence-electron chi connectivity index (χ1n) is 7.49. The van der Waals surface area contributed by atoms with Gasteiger partial charge in [0.25, 0.3) is 0 Å². The van der Waals surface area contributed by atoms with Crippen molar-refractivity contribution in [2.45, 2.75) is 6.61 Å². The van der Waals surface area contributed by atoms with Gasteiger partial charge in [0.05, 0.1) is 25.1 Å². The van der Waals surface area contributed by atoms with Gasteiger partial charge in [0.15, 0.2) is 17.4 Å². The summed E-state index contributed by atoms with van der Waals surface area (Å²) in [7, 11) is 0. The van der Waals surface area contributed by atoms with Crippen molar-refractivity contribution in [2.75, 3.05) is 42.3 Å². The van der Waals surface area contributed by atoms with E-state index in [2.05, 4.69) is 20.0 Å². The molecule has 1 aromatic heterocycles. The molecule has 2 heterocycles. The van der Waals surface area contributed by atoms with Crippen LogP contribution >= 0.6 is 0 Å². The summed E-state index contributed by atoms with van der Waals surface area (Å²) < 4.78 is 48.5. The van der Waals surface area contributed by atoms with Crippen LogP contribution in [0.15, 0.2) is 24.4 Å². The molecule has 0 saturated carbocycles. The Morgan fingerprint density at radius 2 is 2.04 bits per heavy atom. The Hall–Kier alpha value is -2.75. The zero-order valence-corrected chi connectivity index (χ0v) is 13.1. The molecule has 2 aromatic rings. The van der Waals surface area contributed by atoms with E-state index in [4.69, 9.17) is 10.5 Å². The highest BCUT2D eigenvalue weighted by atomic mass is 19.3. The van der Waals surface area contributed by atoms with Crippen LogP contribution in [-0.4, -0.2) is 42.9 Å². The summed E-state index contributed by atoms with van der Waals surface area (Å²) in [4.78, 5) is 9.38. The van der Waals surface area contributed by atoms with Crippen molar-refractivity contribution < 1.29 is 22.6 Å². The van der Waals surface area contributed by atoms with Crippen LogP contribution < -0.4 is 20.7 Å². The third-order valence-corrected chi connectivity index (χ3v) is 3.56. The second-order valence-electron chi connectivity index (χ2n) is 5.21. The van der Waals surface area contributed by atoms with E-state index < -0.39 is 12.4 Å². The van der Waals surface area contributed by atoms with Crippen LogP contribution in [0.25, 0.3) is 0 Å². The SMILES string of the molecule is Nc1nc(Nc2ccc(N3CCOCC3)c(OC(F)F)c2)ncc1F. The molecule has 3 N–H and O–H groups in total. The monoisotopic (exact) mass is 355 g/mol. The molecule has 1 aliphatic rings. The molecule has 0 aliphatic carbocycles. The molecule has 10 heteroatoms. The summed E-state index contributed by atoms with van der Waals surface area (Å²) in [5, 5.41) is 2.78. The summed E-state index contributed by atoms with van der Waals surface area (Å²) in [6, 6.07) is 4.71. The van der Waals surface area contributed by atoms with Crippen LogP contribution in [0.5, 0.6) is 5.75 Å². The van der Waals surface area contributed by atoms with E-state index >= 15 is 0 Å². The Bertz CT molecular complexity index is 741. The Labute approximate surface area is 141 Å². The van der Waals surface area contributed by atoms with Crippen LogP contribution in [0, 0.1) is 5.82 Å². The summed E-state index contributed by atoms with van der Waals surface area (Å²) in [5.74, 6) is -1.00. The normalized spacial score (nSPS) is 14.6. The molecule has 7 nitrogen and oxygen atoms in total. The van der Waals surface area contributed by atoms with E-state index in [1.807, 2.05) is 4.90 Å². The minimum Gasteiger partial charge on any atom is -0.433 e. The first kappa shape index (κ1) is 17.1. The Kier molecular flexibility index (Phi) is 5.08. The third kappa shape index (κ3) is 4.21. The number of nitrogens with one attached hydrogen (secondary N) is 1. The van der Waals surface area contributed by atoms with Crippen molar-refractivity contribution in [3.8, 4) is 5.75 Å². The number of ether oxygens (including phenoxy) is 2. The van der Waals surface area contributed by atoms with Gasteiger partial charge in [0, 0.05) is 24.8 Å². The van der Waals surface area contributed by atoms with Gasteiger partial charge in [-0.05, 0) is 12.1 Å². The Morgan fingerprint density at radius 1 is 1.28 bits per heavy atom. The number of rotatable bonds is 5. The highest BCUT2D eigenvalue weighted by Crippen LogP contribution is 2.34. The average molecular weight is 355 g/mol. The number of nitrogens with zero attached hydrogens (tertiary/aromatic N) is 3. The fraction of sp³-hybridized carbons (Fsp3) is 0.333. The van der Waals surface area contributed by atoms with Crippen molar-refractivity contribution in [1.82, 2.24) is 9.97 Å². The summed E-state index contributed by atoms with van der Waals surface area (Å²) in [5.41, 5.74) is 6.32. The fourth-order valence-corrected chi connectivity index (χ4v) is 2.42. The van der Waals surface area contributed by atoms with Gasteiger partial charge in [-0.1, -0.05) is 0 Å². The molecule has 1 aromatic carbocycles. The standard InChI is InChI=1S/C15H16F3N5O2/c16-10-8-20-15(22-13(10)19)21-9-1-2-11(12(7-9)25-14(17)18)23-3-5-24-6-4-23/h1-2,7-8,14H,3-6H2,(H3,19,20,21,22). The average Bonchev–Trinajstić information content (AvgIpc) is 2.59. The van der Waals surface area contributed by atoms with Gasteiger partial charge in [-0.3, -0.25) is 0 Å². The van der Waals surface area contributed by atoms with E-state index in [-0.39, 0.29) is 17.5 Å². The number of nitrogen functional groups attached to an aromatic ring is 1. The van der Waals surface area contributed by atoms with Crippen molar-refractivity contribution >= 4 is 23.1 Å². The quantitative estimate of drug-likeness (QED) is 0.852. The predicted molar refractivity (Wildman–Crippen MR) is 85.8 cm³/mol. The number of halogens is 3. The number of benzene rings is 1. The highest BCUT2D eigenvalue weighted by molar-refractivity contribution is 5.67. The molecule has 25 heavy (non-hydrogen) atoms. The summed E-state index contributed by atoms with van der Waals surface area (Å²) >= 11 is 0. The largest absolute Gasteiger partial charge is 0.433 e. The maximum atomic E-state index is 13.1. The van der Waals surface area contributed by atoms with Gasteiger partial charge in [-0.25, -0.2) is 9.37 Å². The topological polar surface area (TPSA) is 85.5 Å². The Balaban J connectivity index is 1.86. The van der Waals surface area contributed by atoms with Gasteiger partial charge >= 0.3 is 6.61 Å². The second kappa shape index (κ2) is 7.43. The smallest absolute Gasteiger partial charge is 0.387 e. The van der Waals surface area contributed by atoms with Crippen molar-refractivity contribution in [3.05, 3.63) is 30.2 Å². The zero-order valence-electron chi connectivity index (χ0n) is 13.1. The maximum absolute atomic E-state index is 13.1. The first-order chi connectivity index (χ1) is 12.0. The summed E-state index contributed by atoms with van der Waals surface area (Å²) in [6.07, 6.45) is 0.920. The van der Waals surface area contributed by atoms with Gasteiger partial charge in [-0.15, -0.1) is 0 Å². The van der Waals surface area contributed by atoms with Crippen LogP contribution in [-0.2, 0) is 4.74 Å². The molecule has 0 atom stereocenters. The van der Waals surface area contributed by atoms with Crippen molar-refractivity contribution in [1.29, 1.82) is 0 Å². The minimum absolute atomic E-state index is 0.0111. The first-order valence-corrected chi connectivity index (χ1v) is 7.49. The summed E-state index contributed by atoms with van der Waals surface area (Å²) in [6.45, 7) is -0.797. The number of hydrogen-bond donors (Lipinski definition) is 2. The van der Waals surface area contributed by atoms with Crippen molar-refractivity contribution in [2.24, 2.45) is 0 Å². The number of nitrogens with two attached hydrogens (primary N) is 1. The second-order valence-corrected chi connectivity index (χ2v) is 5.21. The minimum atomic E-state index is -2.97. The Morgan fingerprint density at radius 3 is 2.72 bits per heavy atom. The lowest BCUT2D eigenvalue weighted by Gasteiger charge is -2.30. The highest BCUT2D eigenvalue weighted by Gasteiger charge is 2.18. The number of hydrogen-bond acceptors (Lipinski definition) is 7. The molecule has 3 rings (SSSR count). The molecule has 0 spiro atoms. The molecule has 1 saturated heterocycles. The lowest BCUT2D eigenvalue weighted by molar-refractivity contribution is -0.0495. The van der Waals surface area contributed by atoms with Crippen LogP contribution in [0.4, 0.5) is 36.3 Å². The van der Waals surface area contributed by atoms with Gasteiger partial charge < -0.3 is 25.4 Å². The molecular formula is C15H16F3N5O2. The van der Waals surface area contributed by atoms with E-state index in [1.54, 1.807) is 12.1 Å². The van der Waals surface area contributed by atoms with E-state index in [0.717, 1.165) is 6.20 Å². The number of anilines is 4. The van der Waals surface area contributed by atoms with Crippen LogP contribution in [0.2, 0.25) is 0 Å². The molecule has 0 bridgehead atoms. The van der Waals surface area contributed by atoms with E-state index in [9.17, 15) is 13.2 Å². The van der Waals surface area contributed by atoms with Gasteiger partial charge in [0.1, 0.15) is 0 Å². The predicted octanol–water partition coefficient (Wildman–Crippen LogP) is 2.38. The fourth-order valence-electron chi connectivity index (χ4n) is 2.42. The zero-order chi connectivity index (χ0) is 17.8. The number of alkyl halides is 2. The van der Waals surface area contributed by atoms with Gasteiger partial charge in [0.2, 0.25) is 5.95 Å². The lowest BCUT2D eigenvalue weighted by atomic mass is 10.2. The lowest BCUT2D eigenvalue weighted by Crippen LogP contribution is -2.36. The van der Waals surface area contributed by atoms with Gasteiger partial charge in [-0.2, -0.15) is 13.8 Å². The van der Waals surface area contributed by atoms with Crippen molar-refractivity contribution in [3.63, 3.8) is 0 Å². The molecule has 134 valence electrons.